The summed E-state index contributed by atoms with van der Waals surface area (Å²) in [6.45, 7) is 21.6. The molecule has 0 bridgehead atoms. The lowest BCUT2D eigenvalue weighted by Crippen LogP contribution is -2.66. The van der Waals surface area contributed by atoms with Gasteiger partial charge in [-0.3, -0.25) is 38.6 Å². The van der Waals surface area contributed by atoms with Crippen LogP contribution in [0.4, 0.5) is 26.1 Å². The van der Waals surface area contributed by atoms with Gasteiger partial charge in [0.15, 0.2) is 0 Å². The molecule has 5 saturated heterocycles. The molecule has 25 heteroatoms. The number of nitrogens with one attached hydrogen (secondary N) is 6. The lowest BCUT2D eigenvalue weighted by molar-refractivity contribution is -0.144. The number of benzene rings is 3. The minimum absolute atomic E-state index is 0.0105. The van der Waals surface area contributed by atoms with Crippen molar-refractivity contribution in [2.45, 2.75) is 168 Å². The number of likely N-dealkylation sites (tertiary alicyclic amines) is 3. The Balaban J connectivity index is 0.550. The fraction of sp³-hybridized carbons (Fsp3) is 0.581. The van der Waals surface area contributed by atoms with E-state index in [1.165, 1.54) is 23.4 Å². The number of aromatic nitrogens is 3. The first-order valence-electron chi connectivity index (χ1n) is 35.4. The number of amides is 6. The van der Waals surface area contributed by atoms with Crippen LogP contribution in [0.15, 0.2) is 78.6 Å². The van der Waals surface area contributed by atoms with Gasteiger partial charge < -0.3 is 56.6 Å². The summed E-state index contributed by atoms with van der Waals surface area (Å²) in [4.78, 5) is 107. The third-order valence-corrected chi connectivity index (χ3v) is 22.4. The maximum atomic E-state index is 15.8. The highest BCUT2D eigenvalue weighted by Crippen LogP contribution is 2.41. The zero-order chi connectivity index (χ0) is 70.3. The van der Waals surface area contributed by atoms with Crippen molar-refractivity contribution in [3.05, 3.63) is 118 Å². The van der Waals surface area contributed by atoms with Crippen molar-refractivity contribution in [3.63, 3.8) is 0 Å². The second kappa shape index (κ2) is 31.5. The van der Waals surface area contributed by atoms with E-state index in [9.17, 15) is 33.9 Å². The SMILES string of the molecule is Cc1ncsc1-c1ccc([C@H](C)NC(=O)[C@@H]2C[C@@H](O)CN2C(=O)[C@@H](NC(=O)CCC(=O)NCCCN(C)C2C[C@@H]3CN(CC(=O)NCc4cccc(CNc5cc(N6CCC7(CC6)CN(c6cc(F)c(CN8CCC(C)(C)CC8)cc6F)CC(=O)N7)ncn5)c4)C[C@@H]3C2)C(C)(C)C)cc1. The maximum Gasteiger partial charge on any atom is 0.246 e. The molecular formula is C74H101F2N15O7S. The van der Waals surface area contributed by atoms with Crippen LogP contribution in [0.2, 0.25) is 0 Å². The third kappa shape index (κ3) is 18.6. The number of piperidine rings is 2. The first-order valence-corrected chi connectivity index (χ1v) is 36.3. The Bertz CT molecular complexity index is 3670. The largest absolute Gasteiger partial charge is 0.391 e. The molecule has 3 aromatic carbocycles. The van der Waals surface area contributed by atoms with Gasteiger partial charge in [0.1, 0.15) is 41.7 Å². The van der Waals surface area contributed by atoms with Crippen LogP contribution in [-0.4, -0.2) is 190 Å². The van der Waals surface area contributed by atoms with Gasteiger partial charge in [-0.1, -0.05) is 83.1 Å². The van der Waals surface area contributed by atoms with Crippen LogP contribution in [0, 0.1) is 41.2 Å². The molecule has 7 heterocycles. The number of fused-ring (bicyclic) bond motifs is 1. The van der Waals surface area contributed by atoms with Crippen molar-refractivity contribution in [1.29, 1.82) is 0 Å². The number of hydrogen-bond acceptors (Lipinski definition) is 17. The van der Waals surface area contributed by atoms with Gasteiger partial charge >= 0.3 is 0 Å². The molecule has 534 valence electrons. The van der Waals surface area contributed by atoms with E-state index in [1.807, 2.05) is 88.7 Å². The van der Waals surface area contributed by atoms with Gasteiger partial charge in [0.05, 0.1) is 52.5 Å². The number of β-amino-alcohol motifs (C(OH)–C–C–N with tert-alkyl or cyclic N) is 1. The van der Waals surface area contributed by atoms with Crippen molar-refractivity contribution in [2.75, 3.05) is 101 Å². The molecule has 6 fully saturated rings. The number of aliphatic hydroxyl groups is 1. The van der Waals surface area contributed by atoms with Crippen molar-refractivity contribution < 1.29 is 42.7 Å². The number of rotatable bonds is 25. The summed E-state index contributed by atoms with van der Waals surface area (Å²) in [7, 11) is 2.13. The van der Waals surface area contributed by atoms with E-state index in [0.717, 1.165) is 103 Å². The normalized spacial score (nSPS) is 22.2. The Labute approximate surface area is 585 Å². The summed E-state index contributed by atoms with van der Waals surface area (Å²) < 4.78 is 31.4. The molecule has 0 radical (unpaired) electrons. The van der Waals surface area contributed by atoms with Crippen molar-refractivity contribution >= 4 is 64.1 Å². The van der Waals surface area contributed by atoms with E-state index in [4.69, 9.17) is 0 Å². The standard InChI is InChI=1S/C74H101F2N15O7S/c1-47(51-13-15-52(16-14-51)68-48(2)82-46-99-68)83-70(97)61-33-57(92)41-91(61)71(98)69(72(3,4)5)84-65(94)18-17-64(93)77-23-10-24-86(8)56-30-53-38-88(39-54(53)31-56)42-66(95)79-37-50-12-9-11-49(29-50)36-78-62-35-63(81-45-80-62)89-27-21-74(22-28-89)44-90(43-67(96)85-74)60-34-58(75)55(32-59(60)76)40-87-25-19-73(6,7)20-26-87/h9,11-16,29,32,34-35,45-47,53-54,56-57,61,69,92H,10,17-28,30-31,33,36-44H2,1-8H3,(H,77,93)(H,79,95)(H,83,97)(H,84,94)(H,85,96)(H,78,80,81)/t47-,53-,54+,56?,57+,61-,69+/m0/s1. The van der Waals surface area contributed by atoms with Crippen LogP contribution < -0.4 is 41.7 Å². The zero-order valence-corrected chi connectivity index (χ0v) is 59.6. The minimum atomic E-state index is -1.00. The van der Waals surface area contributed by atoms with Gasteiger partial charge in [-0.2, -0.15) is 0 Å². The first kappa shape index (κ1) is 72.5. The number of aliphatic hydroxyl groups excluding tert-OH is 1. The molecule has 5 aromatic rings. The fourth-order valence-corrected chi connectivity index (χ4v) is 16.2. The smallest absolute Gasteiger partial charge is 0.246 e. The molecule has 6 amide bonds. The summed E-state index contributed by atoms with van der Waals surface area (Å²) in [6.07, 6.45) is 6.60. The highest BCUT2D eigenvalue weighted by molar-refractivity contribution is 7.13. The van der Waals surface area contributed by atoms with E-state index in [0.29, 0.717) is 94.5 Å². The predicted molar refractivity (Wildman–Crippen MR) is 379 cm³/mol. The fourth-order valence-electron chi connectivity index (χ4n) is 15.4. The summed E-state index contributed by atoms with van der Waals surface area (Å²) in [6, 6.07) is 18.6. The second-order valence-corrected chi connectivity index (χ2v) is 31.5. The highest BCUT2D eigenvalue weighted by atomic mass is 32.1. The quantitative estimate of drug-likeness (QED) is 0.0283. The molecule has 1 spiro atoms. The molecule has 1 unspecified atom stereocenters. The van der Waals surface area contributed by atoms with Crippen LogP contribution in [-0.2, 0) is 48.4 Å². The van der Waals surface area contributed by atoms with Crippen LogP contribution in [0.25, 0.3) is 10.4 Å². The average Bonchev–Trinajstić information content (AvgIpc) is 0.914. The Morgan fingerprint density at radius 2 is 1.51 bits per heavy atom. The zero-order valence-electron chi connectivity index (χ0n) is 58.8. The van der Waals surface area contributed by atoms with Gasteiger partial charge in [-0.15, -0.1) is 11.3 Å². The number of hydrogen-bond donors (Lipinski definition) is 7. The van der Waals surface area contributed by atoms with Gasteiger partial charge in [0.25, 0.3) is 0 Å². The lowest BCUT2D eigenvalue weighted by Gasteiger charge is -2.48. The van der Waals surface area contributed by atoms with Crippen molar-refractivity contribution in [3.8, 4) is 10.4 Å². The lowest BCUT2D eigenvalue weighted by atomic mass is 9.82. The Kier molecular flexibility index (Phi) is 23.0. The van der Waals surface area contributed by atoms with Gasteiger partial charge in [-0.05, 0) is 136 Å². The van der Waals surface area contributed by atoms with E-state index < -0.39 is 52.6 Å². The molecule has 99 heavy (non-hydrogen) atoms. The number of carbonyl (C=O) groups is 6. The summed E-state index contributed by atoms with van der Waals surface area (Å²) in [5.74, 6) is -0.321. The summed E-state index contributed by atoms with van der Waals surface area (Å²) >= 11 is 1.57. The molecule has 5 aliphatic heterocycles. The number of anilines is 3. The third-order valence-electron chi connectivity index (χ3n) is 21.4. The van der Waals surface area contributed by atoms with Crippen LogP contribution in [0.5, 0.6) is 0 Å². The molecule has 7 atom stereocenters. The number of aryl methyl sites for hydroxylation is 1. The van der Waals surface area contributed by atoms with Crippen molar-refractivity contribution in [2.24, 2.45) is 22.7 Å². The topological polar surface area (TPSA) is 253 Å². The molecule has 1 aliphatic carbocycles. The summed E-state index contributed by atoms with van der Waals surface area (Å²) in [5.41, 5.74) is 6.08. The monoisotopic (exact) mass is 1380 g/mol. The molecule has 11 rings (SSSR count). The number of thiazole rings is 1. The highest BCUT2D eigenvalue weighted by Gasteiger charge is 2.47. The first-order chi connectivity index (χ1) is 47.2. The molecule has 7 N–H and O–H groups in total. The molecule has 6 aliphatic rings. The van der Waals surface area contributed by atoms with Crippen LogP contribution in [0.3, 0.4) is 0 Å². The average molecular weight is 1380 g/mol. The predicted octanol–water partition coefficient (Wildman–Crippen LogP) is 7.31. The number of halogens is 2. The van der Waals surface area contributed by atoms with Gasteiger partial charge in [0.2, 0.25) is 35.4 Å². The van der Waals surface area contributed by atoms with E-state index in [1.54, 1.807) is 16.2 Å². The van der Waals surface area contributed by atoms with E-state index >= 15 is 8.78 Å². The second-order valence-electron chi connectivity index (χ2n) is 30.6. The van der Waals surface area contributed by atoms with Crippen molar-refractivity contribution in [1.82, 2.24) is 61.1 Å². The Morgan fingerprint density at radius 1 is 0.798 bits per heavy atom. The molecule has 22 nitrogen and oxygen atoms in total. The van der Waals surface area contributed by atoms with Gasteiger partial charge in [0, 0.05) is 108 Å². The van der Waals surface area contributed by atoms with Crippen LogP contribution >= 0.6 is 11.3 Å². The minimum Gasteiger partial charge on any atom is -0.391 e. The number of carbonyl (C=O) groups excluding carboxylic acids is 6. The van der Waals surface area contributed by atoms with E-state index in [2.05, 4.69) is 93.4 Å². The molecular weight excluding hydrogens is 1280 g/mol. The number of nitrogens with zero attached hydrogens (tertiary/aromatic N) is 9. The van der Waals surface area contributed by atoms with Crippen LogP contribution in [0.1, 0.15) is 140 Å². The maximum absolute atomic E-state index is 15.8. The Morgan fingerprint density at radius 3 is 2.20 bits per heavy atom. The Hall–Kier alpha value is -7.71. The summed E-state index contributed by atoms with van der Waals surface area (Å²) in [5, 5.41) is 29.3. The molecule has 1 saturated carbocycles. The molecule has 2 aromatic heterocycles. The van der Waals surface area contributed by atoms with Gasteiger partial charge in [-0.25, -0.2) is 23.7 Å². The number of piperazine rings is 1. The van der Waals surface area contributed by atoms with E-state index in [-0.39, 0.29) is 73.1 Å².